The zero-order chi connectivity index (χ0) is 4.99. The van der Waals surface area contributed by atoms with E-state index in [1.165, 1.54) is 0 Å². The van der Waals surface area contributed by atoms with Gasteiger partial charge in [0.05, 0.1) is 6.10 Å². The van der Waals surface area contributed by atoms with Crippen LogP contribution < -0.4 is 0 Å². The summed E-state index contributed by atoms with van der Waals surface area (Å²) < 4.78 is 0. The summed E-state index contributed by atoms with van der Waals surface area (Å²) in [5, 5.41) is 8.32. The minimum Gasteiger partial charge on any atom is -0.393 e. The fourth-order valence-corrected chi connectivity index (χ4v) is 0.139. The van der Waals surface area contributed by atoms with Crippen molar-refractivity contribution in [1.29, 1.82) is 0 Å². The molecule has 0 aromatic rings. The lowest BCUT2D eigenvalue weighted by molar-refractivity contribution is -0.109. The average Bonchev–Trinajstić information content (AvgIpc) is 1.35. The highest BCUT2D eigenvalue weighted by atomic mass is 16.3. The van der Waals surface area contributed by atoms with Crippen molar-refractivity contribution in [3.63, 3.8) is 0 Å². The Morgan fingerprint density at radius 2 is 2.50 bits per heavy atom. The summed E-state index contributed by atoms with van der Waals surface area (Å²) in [5.41, 5.74) is 0. The third kappa shape index (κ3) is 3.63. The maximum atomic E-state index is 9.46. The molecule has 0 saturated carbocycles. The second kappa shape index (κ2) is 2.85. The summed E-state index contributed by atoms with van der Waals surface area (Å²) >= 11 is 0. The van der Waals surface area contributed by atoms with E-state index in [4.69, 9.17) is 5.11 Å². The monoisotopic (exact) mass is 88.1 g/mol. The van der Waals surface area contributed by atoms with E-state index in [-0.39, 0.29) is 6.42 Å². The van der Waals surface area contributed by atoms with Gasteiger partial charge in [-0.1, -0.05) is 0 Å². The average molecular weight is 88.1 g/mol. The van der Waals surface area contributed by atoms with Crippen LogP contribution in [0.1, 0.15) is 13.3 Å². The molecular weight excluding hydrogens is 80.0 g/mol. The van der Waals surface area contributed by atoms with Crippen LogP contribution in [0.2, 0.25) is 0 Å². The molecule has 0 aromatic heterocycles. The van der Waals surface area contributed by atoms with Gasteiger partial charge in [0.15, 0.2) is 0 Å². The lowest BCUT2D eigenvalue weighted by Gasteiger charge is -1.89. The second-order valence-electron chi connectivity index (χ2n) is 1.25. The fraction of sp³-hybridized carbons (Fsp3) is 0.750. The topological polar surface area (TPSA) is 37.3 Å². The molecule has 2 nitrogen and oxygen atoms in total. The minimum absolute atomic E-state index is 0.250. The Labute approximate surface area is 36.8 Å². The van der Waals surface area contributed by atoms with E-state index < -0.39 is 6.10 Å². The number of aliphatic hydroxyl groups excluding tert-OH is 1. The van der Waals surface area contributed by atoms with Gasteiger partial charge in [0.1, 0.15) is 6.29 Å². The van der Waals surface area contributed by atoms with E-state index in [9.17, 15) is 4.79 Å². The summed E-state index contributed by atoms with van der Waals surface area (Å²) in [5.74, 6) is 0. The largest absolute Gasteiger partial charge is 0.393 e. The van der Waals surface area contributed by atoms with E-state index >= 15 is 0 Å². The van der Waals surface area contributed by atoms with Crippen LogP contribution in [0.15, 0.2) is 0 Å². The van der Waals surface area contributed by atoms with Crippen molar-refractivity contribution in [3.8, 4) is 0 Å². The number of hydrogen-bond acceptors (Lipinski definition) is 2. The van der Waals surface area contributed by atoms with Crippen molar-refractivity contribution in [2.24, 2.45) is 0 Å². The Hall–Kier alpha value is -0.370. The molecule has 0 rings (SSSR count). The number of rotatable bonds is 2. The smallest absolute Gasteiger partial charge is 0.122 e. The molecule has 0 aromatic carbocycles. The molecular formula is C4H8O2. The predicted octanol–water partition coefficient (Wildman–Crippen LogP) is -0.0438. The summed E-state index contributed by atoms with van der Waals surface area (Å²) in [6, 6.07) is 0. The summed E-state index contributed by atoms with van der Waals surface area (Å²) in [6.07, 6.45) is 0.479. The predicted molar refractivity (Wildman–Crippen MR) is 22.4 cm³/mol. The Morgan fingerprint density at radius 3 is 2.50 bits per heavy atom. The molecule has 0 aliphatic carbocycles. The zero-order valence-corrected chi connectivity index (χ0v) is 3.72. The van der Waals surface area contributed by atoms with E-state index in [2.05, 4.69) is 0 Å². The first-order valence-corrected chi connectivity index (χ1v) is 1.89. The highest BCUT2D eigenvalue weighted by Crippen LogP contribution is 1.79. The van der Waals surface area contributed by atoms with E-state index in [1.807, 2.05) is 0 Å². The second-order valence-corrected chi connectivity index (χ2v) is 1.25. The molecule has 0 amide bonds. The van der Waals surface area contributed by atoms with Gasteiger partial charge in [0, 0.05) is 6.42 Å². The highest BCUT2D eigenvalue weighted by Gasteiger charge is 1.87. The lowest BCUT2D eigenvalue weighted by Crippen LogP contribution is -1.97. The van der Waals surface area contributed by atoms with Crippen LogP contribution in [0, 0.1) is 0 Å². The Morgan fingerprint density at radius 1 is 2.00 bits per heavy atom. The van der Waals surface area contributed by atoms with E-state index in [0.29, 0.717) is 6.29 Å². The van der Waals surface area contributed by atoms with Gasteiger partial charge in [0.2, 0.25) is 0 Å². The first-order valence-electron chi connectivity index (χ1n) is 1.89. The number of carbonyl (C=O) groups excluding carboxylic acids is 1. The number of aliphatic hydroxyl groups is 1. The van der Waals surface area contributed by atoms with Crippen LogP contribution in [0.3, 0.4) is 0 Å². The Bertz CT molecular complexity index is 40.8. The third-order valence-electron chi connectivity index (χ3n) is 0.437. The molecule has 1 atom stereocenters. The van der Waals surface area contributed by atoms with Crippen LogP contribution in [-0.4, -0.2) is 17.5 Å². The molecule has 6 heavy (non-hydrogen) atoms. The van der Waals surface area contributed by atoms with Gasteiger partial charge in [-0.25, -0.2) is 0 Å². The number of carbonyl (C=O) groups is 1. The van der Waals surface area contributed by atoms with E-state index in [0.717, 1.165) is 0 Å². The minimum atomic E-state index is -0.470. The van der Waals surface area contributed by atoms with Crippen molar-refractivity contribution >= 4 is 6.29 Å². The molecule has 0 aliphatic rings. The molecule has 0 bridgehead atoms. The summed E-state index contributed by atoms with van der Waals surface area (Å²) in [7, 11) is 0. The van der Waals surface area contributed by atoms with Crippen molar-refractivity contribution in [2.45, 2.75) is 19.4 Å². The van der Waals surface area contributed by atoms with Gasteiger partial charge in [-0.2, -0.15) is 0 Å². The van der Waals surface area contributed by atoms with Crippen LogP contribution in [0.5, 0.6) is 0 Å². The maximum Gasteiger partial charge on any atom is 0.122 e. The SMILES string of the molecule is C[C@@H](O)CC=O. The van der Waals surface area contributed by atoms with Crippen LogP contribution in [-0.2, 0) is 4.79 Å². The van der Waals surface area contributed by atoms with Crippen LogP contribution >= 0.6 is 0 Å². The third-order valence-corrected chi connectivity index (χ3v) is 0.437. The zero-order valence-electron chi connectivity index (χ0n) is 3.72. The van der Waals surface area contributed by atoms with Gasteiger partial charge in [-0.15, -0.1) is 0 Å². The van der Waals surface area contributed by atoms with Crippen molar-refractivity contribution < 1.29 is 9.90 Å². The molecule has 0 fully saturated rings. The molecule has 0 unspecified atom stereocenters. The van der Waals surface area contributed by atoms with Gasteiger partial charge in [0.25, 0.3) is 0 Å². The summed E-state index contributed by atoms with van der Waals surface area (Å²) in [6.45, 7) is 1.58. The maximum absolute atomic E-state index is 9.46. The quantitative estimate of drug-likeness (QED) is 0.481. The number of aldehydes is 1. The van der Waals surface area contributed by atoms with Gasteiger partial charge in [-0.3, -0.25) is 0 Å². The van der Waals surface area contributed by atoms with Gasteiger partial charge >= 0.3 is 0 Å². The van der Waals surface area contributed by atoms with Gasteiger partial charge < -0.3 is 9.90 Å². The Balaban J connectivity index is 2.81. The molecule has 0 heterocycles. The number of hydrogen-bond donors (Lipinski definition) is 1. The molecule has 0 aliphatic heterocycles. The first-order chi connectivity index (χ1) is 2.77. The van der Waals surface area contributed by atoms with Crippen LogP contribution in [0.25, 0.3) is 0 Å². The lowest BCUT2D eigenvalue weighted by atomic mass is 10.3. The molecule has 36 valence electrons. The van der Waals surface area contributed by atoms with Gasteiger partial charge in [-0.05, 0) is 6.92 Å². The molecule has 0 saturated heterocycles. The van der Waals surface area contributed by atoms with E-state index in [1.54, 1.807) is 6.92 Å². The molecule has 1 N–H and O–H groups in total. The van der Waals surface area contributed by atoms with Crippen molar-refractivity contribution in [1.82, 2.24) is 0 Å². The standard InChI is InChI=1S/C4H8O2/c1-4(6)2-3-5/h3-4,6H,2H2,1H3/t4-/m1/s1. The van der Waals surface area contributed by atoms with Crippen LogP contribution in [0.4, 0.5) is 0 Å². The summed E-state index contributed by atoms with van der Waals surface area (Å²) in [4.78, 5) is 9.46. The first kappa shape index (κ1) is 5.63. The van der Waals surface area contributed by atoms with Crippen molar-refractivity contribution in [2.75, 3.05) is 0 Å². The molecule has 2 heteroatoms. The van der Waals surface area contributed by atoms with Crippen molar-refractivity contribution in [3.05, 3.63) is 0 Å². The normalized spacial score (nSPS) is 13.7. The fourth-order valence-electron chi connectivity index (χ4n) is 0.139. The molecule has 0 radical (unpaired) electrons. The molecule has 0 spiro atoms. The highest BCUT2D eigenvalue weighted by molar-refractivity contribution is 5.49. The Kier molecular flexibility index (Phi) is 2.67.